The summed E-state index contributed by atoms with van der Waals surface area (Å²) < 4.78 is 57.8. The zero-order chi connectivity index (χ0) is 29.4. The fourth-order valence-electron chi connectivity index (χ4n) is 4.95. The molecule has 0 amide bonds. The van der Waals surface area contributed by atoms with E-state index < -0.39 is 23.4 Å². The fraction of sp³-hybridized carbons (Fsp3) is 0.219. The summed E-state index contributed by atoms with van der Waals surface area (Å²) >= 11 is 0. The number of carboxylic acid groups (broad SMARTS) is 1. The molecule has 0 saturated carbocycles. The maximum atomic E-state index is 15.4. The van der Waals surface area contributed by atoms with Crippen LogP contribution in [0, 0.1) is 30.3 Å². The second-order valence-electron chi connectivity index (χ2n) is 10.4. The molecule has 10 heteroatoms. The number of fused-ring (bicyclic) bond motifs is 1. The first-order chi connectivity index (χ1) is 20.2. The van der Waals surface area contributed by atoms with Gasteiger partial charge in [0.15, 0.2) is 0 Å². The molecule has 0 atom stereocenters. The van der Waals surface area contributed by atoms with Crippen LogP contribution in [0.15, 0.2) is 66.7 Å². The Labute approximate surface area is 239 Å². The summed E-state index contributed by atoms with van der Waals surface area (Å²) in [5, 5.41) is 9.45. The molecule has 42 heavy (non-hydrogen) atoms. The highest BCUT2D eigenvalue weighted by Crippen LogP contribution is 2.29. The number of benzene rings is 3. The second-order valence-corrected chi connectivity index (χ2v) is 10.4. The lowest BCUT2D eigenvalue weighted by Gasteiger charge is -2.27. The van der Waals surface area contributed by atoms with Gasteiger partial charge in [-0.25, -0.2) is 27.9 Å². The van der Waals surface area contributed by atoms with E-state index in [9.17, 15) is 14.3 Å². The summed E-state index contributed by atoms with van der Waals surface area (Å²) in [5.41, 5.74) is 2.65. The number of halogens is 3. The topological polar surface area (TPSA) is 86.5 Å². The SMILES string of the molecule is Cc1ccc(COc2cccc(-c3cc(F)c(Cc4nc5ccc(C(=O)O)cc5n4CC4COC4)cc3F)n2)c(F)c1. The lowest BCUT2D eigenvalue weighted by molar-refractivity contribution is -0.0392. The van der Waals surface area contributed by atoms with Crippen LogP contribution >= 0.6 is 0 Å². The van der Waals surface area contributed by atoms with Crippen LogP contribution in [0.25, 0.3) is 22.3 Å². The Morgan fingerprint density at radius 3 is 2.52 bits per heavy atom. The first-order valence-electron chi connectivity index (χ1n) is 13.4. The van der Waals surface area contributed by atoms with Crippen LogP contribution in [0.3, 0.4) is 0 Å². The third-order valence-corrected chi connectivity index (χ3v) is 7.29. The van der Waals surface area contributed by atoms with E-state index in [0.717, 1.165) is 17.7 Å². The lowest BCUT2D eigenvalue weighted by atomic mass is 10.0. The van der Waals surface area contributed by atoms with Gasteiger partial charge in [0.2, 0.25) is 5.88 Å². The molecule has 0 bridgehead atoms. The molecule has 0 aliphatic carbocycles. The number of ether oxygens (including phenoxy) is 2. The molecule has 6 rings (SSSR count). The van der Waals surface area contributed by atoms with E-state index in [1.807, 2.05) is 4.57 Å². The highest BCUT2D eigenvalue weighted by Gasteiger charge is 2.24. The van der Waals surface area contributed by atoms with Crippen molar-refractivity contribution in [2.75, 3.05) is 13.2 Å². The van der Waals surface area contributed by atoms with Crippen LogP contribution in [0.2, 0.25) is 0 Å². The molecule has 7 nitrogen and oxygen atoms in total. The number of imidazole rings is 1. The number of pyridine rings is 1. The molecule has 0 radical (unpaired) electrons. The van der Waals surface area contributed by atoms with E-state index in [-0.39, 0.29) is 47.2 Å². The summed E-state index contributed by atoms with van der Waals surface area (Å²) in [7, 11) is 0. The molecule has 2 aromatic heterocycles. The Bertz CT molecular complexity index is 1820. The Morgan fingerprint density at radius 1 is 0.976 bits per heavy atom. The van der Waals surface area contributed by atoms with Crippen molar-refractivity contribution in [3.05, 3.63) is 112 Å². The Kier molecular flexibility index (Phi) is 7.38. The monoisotopic (exact) mass is 573 g/mol. The minimum atomic E-state index is -1.06. The van der Waals surface area contributed by atoms with Gasteiger partial charge in [-0.2, -0.15) is 0 Å². The molecule has 3 heterocycles. The van der Waals surface area contributed by atoms with Gasteiger partial charge in [-0.05, 0) is 60.5 Å². The van der Waals surface area contributed by atoms with Gasteiger partial charge >= 0.3 is 5.97 Å². The van der Waals surface area contributed by atoms with Crippen LogP contribution in [-0.4, -0.2) is 38.8 Å². The van der Waals surface area contributed by atoms with E-state index in [4.69, 9.17) is 9.47 Å². The molecule has 5 aromatic rings. The number of hydrogen-bond donors (Lipinski definition) is 1. The van der Waals surface area contributed by atoms with Crippen LogP contribution in [0.1, 0.15) is 32.9 Å². The van der Waals surface area contributed by atoms with Gasteiger partial charge in [0.05, 0.1) is 35.5 Å². The Hall–Kier alpha value is -4.70. The quantitative estimate of drug-likeness (QED) is 0.222. The zero-order valence-corrected chi connectivity index (χ0v) is 22.6. The molecular weight excluding hydrogens is 547 g/mol. The van der Waals surface area contributed by atoms with Crippen LogP contribution < -0.4 is 4.74 Å². The number of carbonyl (C=O) groups is 1. The molecular formula is C32H26F3N3O4. The first kappa shape index (κ1) is 27.5. The fourth-order valence-corrected chi connectivity index (χ4v) is 4.95. The van der Waals surface area contributed by atoms with Crippen LogP contribution in [-0.2, 0) is 24.3 Å². The first-order valence-corrected chi connectivity index (χ1v) is 13.4. The zero-order valence-electron chi connectivity index (χ0n) is 22.6. The third kappa shape index (κ3) is 5.58. The summed E-state index contributed by atoms with van der Waals surface area (Å²) in [5.74, 6) is -1.93. The van der Waals surface area contributed by atoms with Crippen molar-refractivity contribution in [3.63, 3.8) is 0 Å². The van der Waals surface area contributed by atoms with E-state index in [2.05, 4.69) is 9.97 Å². The van der Waals surface area contributed by atoms with Crippen molar-refractivity contribution in [1.29, 1.82) is 0 Å². The van der Waals surface area contributed by atoms with E-state index >= 15 is 8.78 Å². The molecule has 1 N–H and O–H groups in total. The molecule has 1 saturated heterocycles. The number of aromatic carboxylic acids is 1. The number of hydrogen-bond acceptors (Lipinski definition) is 5. The Morgan fingerprint density at radius 2 is 1.79 bits per heavy atom. The van der Waals surface area contributed by atoms with Crippen molar-refractivity contribution in [2.45, 2.75) is 26.5 Å². The van der Waals surface area contributed by atoms with Gasteiger partial charge in [-0.1, -0.05) is 18.2 Å². The summed E-state index contributed by atoms with van der Waals surface area (Å²) in [4.78, 5) is 20.5. The number of carboxylic acids is 1. The molecule has 0 spiro atoms. The molecule has 214 valence electrons. The largest absolute Gasteiger partial charge is 0.478 e. The van der Waals surface area contributed by atoms with Crippen molar-refractivity contribution < 1.29 is 32.5 Å². The number of aryl methyl sites for hydroxylation is 1. The predicted octanol–water partition coefficient (Wildman–Crippen LogP) is 6.34. The van der Waals surface area contributed by atoms with E-state index in [0.29, 0.717) is 42.2 Å². The number of aromatic nitrogens is 3. The standard InChI is InChI=1S/C32H26F3N3O4/c1-18-5-6-21(24(33)9-18)17-42-31-4-2-3-27(37-31)23-13-25(34)22(10-26(23)35)12-30-36-28-8-7-20(32(39)40)11-29(28)38(30)14-19-15-41-16-19/h2-11,13,19H,12,14-17H2,1H3,(H,39,40). The van der Waals surface area contributed by atoms with Gasteiger partial charge in [0.25, 0.3) is 0 Å². The molecule has 0 unspecified atom stereocenters. The van der Waals surface area contributed by atoms with Gasteiger partial charge in [0, 0.05) is 36.1 Å². The lowest BCUT2D eigenvalue weighted by Crippen LogP contribution is -2.32. The summed E-state index contributed by atoms with van der Waals surface area (Å²) in [6.07, 6.45) is -0.00755. The average molecular weight is 574 g/mol. The smallest absolute Gasteiger partial charge is 0.335 e. The number of nitrogens with zero attached hydrogens (tertiary/aromatic N) is 3. The maximum absolute atomic E-state index is 15.4. The highest BCUT2D eigenvalue weighted by molar-refractivity contribution is 5.92. The minimum absolute atomic E-state index is 0.00755. The summed E-state index contributed by atoms with van der Waals surface area (Å²) in [6, 6.07) is 16.4. The van der Waals surface area contributed by atoms with Crippen LogP contribution in [0.5, 0.6) is 5.88 Å². The molecule has 1 aliphatic rings. The molecule has 1 aliphatic heterocycles. The van der Waals surface area contributed by atoms with Crippen molar-refractivity contribution in [3.8, 4) is 17.1 Å². The van der Waals surface area contributed by atoms with Gasteiger partial charge in [-0.15, -0.1) is 0 Å². The van der Waals surface area contributed by atoms with Crippen molar-refractivity contribution in [2.24, 2.45) is 5.92 Å². The maximum Gasteiger partial charge on any atom is 0.335 e. The minimum Gasteiger partial charge on any atom is -0.478 e. The van der Waals surface area contributed by atoms with Crippen molar-refractivity contribution in [1.82, 2.24) is 14.5 Å². The second kappa shape index (κ2) is 11.3. The van der Waals surface area contributed by atoms with Gasteiger partial charge < -0.3 is 19.1 Å². The van der Waals surface area contributed by atoms with Crippen molar-refractivity contribution >= 4 is 17.0 Å². The Balaban J connectivity index is 1.27. The predicted molar refractivity (Wildman–Crippen MR) is 149 cm³/mol. The third-order valence-electron chi connectivity index (χ3n) is 7.29. The van der Waals surface area contributed by atoms with Gasteiger partial charge in [0.1, 0.15) is 29.9 Å². The normalized spacial score (nSPS) is 13.3. The van der Waals surface area contributed by atoms with E-state index in [1.165, 1.54) is 18.2 Å². The van der Waals surface area contributed by atoms with Gasteiger partial charge in [-0.3, -0.25) is 0 Å². The molecule has 1 fully saturated rings. The molecule has 3 aromatic carbocycles. The summed E-state index contributed by atoms with van der Waals surface area (Å²) in [6.45, 7) is 3.35. The number of rotatable bonds is 9. The average Bonchev–Trinajstić information content (AvgIpc) is 3.28. The van der Waals surface area contributed by atoms with Crippen LogP contribution in [0.4, 0.5) is 13.2 Å². The highest BCUT2D eigenvalue weighted by atomic mass is 19.1. The van der Waals surface area contributed by atoms with E-state index in [1.54, 1.807) is 43.3 Å².